The first kappa shape index (κ1) is 15.1. The van der Waals surface area contributed by atoms with Crippen LogP contribution in [0.4, 0.5) is 0 Å². The fourth-order valence-corrected chi connectivity index (χ4v) is 2.62. The number of unbranched alkanes of at least 4 members (excludes halogenated alkanes) is 1. The van der Waals surface area contributed by atoms with Crippen LogP contribution in [0, 0.1) is 0 Å². The summed E-state index contributed by atoms with van der Waals surface area (Å²) in [5, 5.41) is 1.35. The van der Waals surface area contributed by atoms with E-state index in [4.69, 9.17) is 10.5 Å². The Balaban J connectivity index is 2.12. The smallest absolute Gasteiger partial charge is 0.0483 e. The highest BCUT2D eigenvalue weighted by Gasteiger charge is 2.08. The van der Waals surface area contributed by atoms with Gasteiger partial charge in [-0.1, -0.05) is 19.1 Å². The fraction of sp³-hybridized carbons (Fsp3) is 0.529. The van der Waals surface area contributed by atoms with E-state index in [0.29, 0.717) is 0 Å². The molecule has 2 rings (SSSR count). The number of aromatic nitrogens is 1. The molecule has 0 saturated heterocycles. The molecule has 0 radical (unpaired) electrons. The summed E-state index contributed by atoms with van der Waals surface area (Å²) >= 11 is 0. The first-order valence-electron chi connectivity index (χ1n) is 7.57. The lowest BCUT2D eigenvalue weighted by atomic mass is 10.0. The van der Waals surface area contributed by atoms with Gasteiger partial charge in [0.1, 0.15) is 0 Å². The van der Waals surface area contributed by atoms with E-state index in [0.717, 1.165) is 38.8 Å². The Bertz CT molecular complexity index is 533. The Labute approximate surface area is 121 Å². The maximum atomic E-state index is 6.10. The van der Waals surface area contributed by atoms with Crippen LogP contribution in [0.5, 0.6) is 0 Å². The fourth-order valence-electron chi connectivity index (χ4n) is 2.62. The van der Waals surface area contributed by atoms with Gasteiger partial charge in [-0.3, -0.25) is 0 Å². The first-order chi connectivity index (χ1) is 9.76. The zero-order valence-electron chi connectivity index (χ0n) is 12.6. The summed E-state index contributed by atoms with van der Waals surface area (Å²) in [6.07, 6.45) is 6.43. The largest absolute Gasteiger partial charge is 0.385 e. The topological polar surface area (TPSA) is 40.2 Å². The van der Waals surface area contributed by atoms with Gasteiger partial charge < -0.3 is 15.0 Å². The molecule has 0 aliphatic rings. The second-order valence-corrected chi connectivity index (χ2v) is 5.43. The summed E-state index contributed by atoms with van der Waals surface area (Å²) < 4.78 is 7.44. The summed E-state index contributed by atoms with van der Waals surface area (Å²) in [6, 6.07) is 9.03. The van der Waals surface area contributed by atoms with E-state index >= 15 is 0 Å². The van der Waals surface area contributed by atoms with Crippen molar-refractivity contribution in [1.82, 2.24) is 4.57 Å². The molecule has 1 aromatic heterocycles. The second kappa shape index (κ2) is 7.46. The normalized spacial score (nSPS) is 12.9. The summed E-state index contributed by atoms with van der Waals surface area (Å²) in [7, 11) is 1.76. The maximum Gasteiger partial charge on any atom is 0.0483 e. The number of ether oxygens (including phenoxy) is 1. The van der Waals surface area contributed by atoms with Crippen LogP contribution in [0.15, 0.2) is 30.5 Å². The van der Waals surface area contributed by atoms with Crippen LogP contribution in [-0.2, 0) is 17.7 Å². The zero-order chi connectivity index (χ0) is 14.4. The van der Waals surface area contributed by atoms with Crippen molar-refractivity contribution >= 4 is 10.9 Å². The molecule has 0 bridgehead atoms. The van der Waals surface area contributed by atoms with E-state index in [2.05, 4.69) is 42.0 Å². The molecule has 0 amide bonds. The third-order valence-electron chi connectivity index (χ3n) is 3.91. The van der Waals surface area contributed by atoms with Crippen molar-refractivity contribution in [2.24, 2.45) is 5.73 Å². The third-order valence-corrected chi connectivity index (χ3v) is 3.91. The molecule has 1 atom stereocenters. The number of hydrogen-bond donors (Lipinski definition) is 1. The molecule has 2 aromatic rings. The molecular formula is C17H26N2O. The van der Waals surface area contributed by atoms with Gasteiger partial charge >= 0.3 is 0 Å². The molecule has 0 spiro atoms. The number of nitrogens with two attached hydrogens (primary N) is 1. The summed E-state index contributed by atoms with van der Waals surface area (Å²) in [5.74, 6) is 0. The van der Waals surface area contributed by atoms with E-state index in [1.807, 2.05) is 0 Å². The van der Waals surface area contributed by atoms with E-state index in [-0.39, 0.29) is 6.04 Å². The van der Waals surface area contributed by atoms with Crippen LogP contribution < -0.4 is 5.73 Å². The minimum atomic E-state index is 0.255. The number of fused-ring (bicyclic) bond motifs is 1. The molecule has 2 N–H and O–H groups in total. The molecular weight excluding hydrogens is 248 g/mol. The summed E-state index contributed by atoms with van der Waals surface area (Å²) in [4.78, 5) is 0. The van der Waals surface area contributed by atoms with Crippen LogP contribution in [-0.4, -0.2) is 24.3 Å². The highest BCUT2D eigenvalue weighted by atomic mass is 16.5. The number of nitrogens with zero attached hydrogens (tertiary/aromatic N) is 1. The minimum absolute atomic E-state index is 0.255. The van der Waals surface area contributed by atoms with Crippen molar-refractivity contribution in [2.75, 3.05) is 13.7 Å². The van der Waals surface area contributed by atoms with Gasteiger partial charge in [-0.15, -0.1) is 0 Å². The summed E-state index contributed by atoms with van der Waals surface area (Å²) in [6.45, 7) is 4.04. The molecule has 20 heavy (non-hydrogen) atoms. The quantitative estimate of drug-likeness (QED) is 0.750. The minimum Gasteiger partial charge on any atom is -0.385 e. The van der Waals surface area contributed by atoms with E-state index in [9.17, 15) is 0 Å². The lowest BCUT2D eigenvalue weighted by molar-refractivity contribution is 0.191. The molecule has 110 valence electrons. The van der Waals surface area contributed by atoms with Crippen molar-refractivity contribution in [1.29, 1.82) is 0 Å². The Morgan fingerprint density at radius 1 is 1.25 bits per heavy atom. The van der Waals surface area contributed by atoms with Gasteiger partial charge in [-0.25, -0.2) is 0 Å². The van der Waals surface area contributed by atoms with Crippen LogP contribution in [0.25, 0.3) is 10.9 Å². The number of hydrogen-bond acceptors (Lipinski definition) is 2. The molecule has 1 aromatic carbocycles. The monoisotopic (exact) mass is 274 g/mol. The van der Waals surface area contributed by atoms with Gasteiger partial charge in [0.05, 0.1) is 0 Å². The number of methoxy groups -OCH3 is 1. The third kappa shape index (κ3) is 3.62. The molecule has 1 unspecified atom stereocenters. The van der Waals surface area contributed by atoms with Crippen molar-refractivity contribution < 1.29 is 4.74 Å². The SMILES string of the molecule is CCC(N)Cc1cccc2c1ccn2CCCCOC. The predicted octanol–water partition coefficient (Wildman–Crippen LogP) is 3.35. The summed E-state index contributed by atoms with van der Waals surface area (Å²) in [5.41, 5.74) is 8.79. The highest BCUT2D eigenvalue weighted by molar-refractivity contribution is 5.83. The number of aryl methyl sites for hydroxylation is 1. The van der Waals surface area contributed by atoms with Gasteiger partial charge in [0.15, 0.2) is 0 Å². The average Bonchev–Trinajstić information content (AvgIpc) is 2.88. The van der Waals surface area contributed by atoms with E-state index < -0.39 is 0 Å². The van der Waals surface area contributed by atoms with Crippen LogP contribution in [0.1, 0.15) is 31.7 Å². The predicted molar refractivity (Wildman–Crippen MR) is 85.0 cm³/mol. The molecule has 0 fully saturated rings. The van der Waals surface area contributed by atoms with E-state index in [1.54, 1.807) is 7.11 Å². The van der Waals surface area contributed by atoms with Gasteiger partial charge in [-0.05, 0) is 43.4 Å². The maximum absolute atomic E-state index is 6.10. The Morgan fingerprint density at radius 2 is 2.10 bits per heavy atom. The van der Waals surface area contributed by atoms with Crippen molar-refractivity contribution in [3.05, 3.63) is 36.0 Å². The number of rotatable bonds is 8. The first-order valence-corrected chi connectivity index (χ1v) is 7.57. The van der Waals surface area contributed by atoms with Crippen molar-refractivity contribution in [3.8, 4) is 0 Å². The number of benzene rings is 1. The van der Waals surface area contributed by atoms with Gasteiger partial charge in [0, 0.05) is 43.4 Å². The molecule has 1 heterocycles. The van der Waals surface area contributed by atoms with Crippen molar-refractivity contribution in [3.63, 3.8) is 0 Å². The molecule has 3 heteroatoms. The van der Waals surface area contributed by atoms with Gasteiger partial charge in [0.2, 0.25) is 0 Å². The molecule has 0 aliphatic heterocycles. The van der Waals surface area contributed by atoms with Crippen LogP contribution >= 0.6 is 0 Å². The Kier molecular flexibility index (Phi) is 5.62. The van der Waals surface area contributed by atoms with Gasteiger partial charge in [0.25, 0.3) is 0 Å². The second-order valence-electron chi connectivity index (χ2n) is 5.43. The average molecular weight is 274 g/mol. The molecule has 0 aliphatic carbocycles. The molecule has 3 nitrogen and oxygen atoms in total. The van der Waals surface area contributed by atoms with Crippen LogP contribution in [0.3, 0.4) is 0 Å². The molecule has 0 saturated carbocycles. The van der Waals surface area contributed by atoms with E-state index in [1.165, 1.54) is 16.5 Å². The van der Waals surface area contributed by atoms with Gasteiger partial charge in [-0.2, -0.15) is 0 Å². The zero-order valence-corrected chi connectivity index (χ0v) is 12.6. The van der Waals surface area contributed by atoms with Crippen LogP contribution in [0.2, 0.25) is 0 Å². The Morgan fingerprint density at radius 3 is 2.85 bits per heavy atom. The van der Waals surface area contributed by atoms with Crippen molar-refractivity contribution in [2.45, 2.75) is 45.2 Å². The lowest BCUT2D eigenvalue weighted by Gasteiger charge is -2.11. The standard InChI is InChI=1S/C17H26N2O/c1-3-15(18)13-14-7-6-8-17-16(14)9-11-19(17)10-4-5-12-20-2/h6-9,11,15H,3-5,10,12-13,18H2,1-2H3. The highest BCUT2D eigenvalue weighted by Crippen LogP contribution is 2.22. The lowest BCUT2D eigenvalue weighted by Crippen LogP contribution is -2.21. The Hall–Kier alpha value is -1.32.